The second-order valence-corrected chi connectivity index (χ2v) is 4.54. The molecule has 4 heteroatoms. The van der Waals surface area contributed by atoms with Crippen LogP contribution in [0.2, 0.25) is 0 Å². The summed E-state index contributed by atoms with van der Waals surface area (Å²) >= 11 is 3.39. The number of aromatic nitrogens is 1. The quantitative estimate of drug-likeness (QED) is 0.943. The molecule has 0 atom stereocenters. The van der Waals surface area contributed by atoms with Gasteiger partial charge in [-0.2, -0.15) is 0 Å². The molecular formula is C13H13BrN2O. The van der Waals surface area contributed by atoms with E-state index in [2.05, 4.69) is 20.9 Å². The number of nitrogens with two attached hydrogens (primary N) is 1. The summed E-state index contributed by atoms with van der Waals surface area (Å²) < 4.78 is 6.65. The van der Waals surface area contributed by atoms with Gasteiger partial charge in [-0.1, -0.05) is 28.1 Å². The van der Waals surface area contributed by atoms with Gasteiger partial charge in [0.1, 0.15) is 6.61 Å². The Bertz CT molecular complexity index is 485. The molecule has 1 heterocycles. The molecule has 0 radical (unpaired) electrons. The maximum atomic E-state index is 5.59. The van der Waals surface area contributed by atoms with Crippen LogP contribution in [0.4, 0.5) is 0 Å². The summed E-state index contributed by atoms with van der Waals surface area (Å²) in [6.45, 7) is 1.01. The minimum atomic E-state index is 0.497. The normalized spacial score (nSPS) is 10.2. The first-order valence-electron chi connectivity index (χ1n) is 5.30. The highest BCUT2D eigenvalue weighted by atomic mass is 79.9. The molecule has 0 aliphatic rings. The van der Waals surface area contributed by atoms with Gasteiger partial charge in [0.05, 0.1) is 0 Å². The predicted molar refractivity (Wildman–Crippen MR) is 70.6 cm³/mol. The minimum Gasteiger partial charge on any atom is -0.473 e. The molecule has 0 unspecified atom stereocenters. The Morgan fingerprint density at radius 3 is 2.59 bits per heavy atom. The summed E-state index contributed by atoms with van der Waals surface area (Å²) in [5, 5.41) is 0. The number of rotatable bonds is 4. The SMILES string of the molecule is NCc1ccnc(OCc2ccc(Br)cc2)c1. The van der Waals surface area contributed by atoms with Crippen LogP contribution in [0.25, 0.3) is 0 Å². The van der Waals surface area contributed by atoms with Gasteiger partial charge in [0.15, 0.2) is 0 Å². The van der Waals surface area contributed by atoms with Crippen molar-refractivity contribution in [1.29, 1.82) is 0 Å². The fourth-order valence-electron chi connectivity index (χ4n) is 1.39. The number of halogens is 1. The average Bonchev–Trinajstić information content (AvgIpc) is 2.38. The number of pyridine rings is 1. The lowest BCUT2D eigenvalue weighted by Crippen LogP contribution is -2.00. The molecule has 1 aromatic heterocycles. The van der Waals surface area contributed by atoms with Crippen LogP contribution in [0.3, 0.4) is 0 Å². The number of nitrogens with zero attached hydrogens (tertiary/aromatic N) is 1. The van der Waals surface area contributed by atoms with E-state index in [1.807, 2.05) is 36.4 Å². The topological polar surface area (TPSA) is 48.1 Å². The van der Waals surface area contributed by atoms with Crippen molar-refractivity contribution in [1.82, 2.24) is 4.98 Å². The Morgan fingerprint density at radius 1 is 1.12 bits per heavy atom. The van der Waals surface area contributed by atoms with Crippen molar-refractivity contribution in [3.63, 3.8) is 0 Å². The van der Waals surface area contributed by atoms with Gasteiger partial charge in [0.2, 0.25) is 5.88 Å². The van der Waals surface area contributed by atoms with E-state index >= 15 is 0 Å². The highest BCUT2D eigenvalue weighted by Gasteiger charge is 1.98. The van der Waals surface area contributed by atoms with Crippen LogP contribution in [0.15, 0.2) is 47.1 Å². The maximum absolute atomic E-state index is 5.59. The summed E-state index contributed by atoms with van der Waals surface area (Å²) in [5.41, 5.74) is 7.68. The molecule has 0 bridgehead atoms. The molecule has 0 spiro atoms. The van der Waals surface area contributed by atoms with Crippen LogP contribution in [-0.2, 0) is 13.2 Å². The lowest BCUT2D eigenvalue weighted by atomic mass is 10.2. The van der Waals surface area contributed by atoms with Crippen LogP contribution in [0, 0.1) is 0 Å². The van der Waals surface area contributed by atoms with Gasteiger partial charge < -0.3 is 10.5 Å². The van der Waals surface area contributed by atoms with E-state index in [0.29, 0.717) is 19.0 Å². The molecule has 0 aliphatic heterocycles. The lowest BCUT2D eigenvalue weighted by molar-refractivity contribution is 0.293. The number of benzene rings is 1. The summed E-state index contributed by atoms with van der Waals surface area (Å²) in [6.07, 6.45) is 1.71. The fourth-order valence-corrected chi connectivity index (χ4v) is 1.66. The van der Waals surface area contributed by atoms with Gasteiger partial charge in [-0.3, -0.25) is 0 Å². The summed E-state index contributed by atoms with van der Waals surface area (Å²) in [7, 11) is 0. The highest BCUT2D eigenvalue weighted by molar-refractivity contribution is 9.10. The van der Waals surface area contributed by atoms with Gasteiger partial charge in [-0.15, -0.1) is 0 Å². The van der Waals surface area contributed by atoms with E-state index in [4.69, 9.17) is 10.5 Å². The molecule has 88 valence electrons. The number of hydrogen-bond donors (Lipinski definition) is 1. The molecular weight excluding hydrogens is 280 g/mol. The van der Waals surface area contributed by atoms with Crippen molar-refractivity contribution >= 4 is 15.9 Å². The van der Waals surface area contributed by atoms with E-state index in [0.717, 1.165) is 15.6 Å². The Balaban J connectivity index is 1.99. The molecule has 0 aliphatic carbocycles. The first-order chi connectivity index (χ1) is 8.28. The van der Waals surface area contributed by atoms with Crippen LogP contribution in [-0.4, -0.2) is 4.98 Å². The van der Waals surface area contributed by atoms with Gasteiger partial charge in [0, 0.05) is 23.3 Å². The minimum absolute atomic E-state index is 0.497. The Morgan fingerprint density at radius 2 is 1.88 bits per heavy atom. The second-order valence-electron chi connectivity index (χ2n) is 3.62. The van der Waals surface area contributed by atoms with Crippen molar-refractivity contribution in [2.24, 2.45) is 5.73 Å². The van der Waals surface area contributed by atoms with E-state index in [1.165, 1.54) is 0 Å². The van der Waals surface area contributed by atoms with Gasteiger partial charge in [-0.25, -0.2) is 4.98 Å². The molecule has 1 aromatic carbocycles. The zero-order valence-corrected chi connectivity index (χ0v) is 10.9. The van der Waals surface area contributed by atoms with E-state index in [1.54, 1.807) is 6.20 Å². The molecule has 2 rings (SSSR count). The van der Waals surface area contributed by atoms with Crippen molar-refractivity contribution in [3.05, 3.63) is 58.2 Å². The van der Waals surface area contributed by atoms with E-state index in [-0.39, 0.29) is 0 Å². The third kappa shape index (κ3) is 3.54. The Labute approximate surface area is 109 Å². The number of hydrogen-bond acceptors (Lipinski definition) is 3. The molecule has 2 aromatic rings. The summed E-state index contributed by atoms with van der Waals surface area (Å²) in [5.74, 6) is 0.607. The summed E-state index contributed by atoms with van der Waals surface area (Å²) in [6, 6.07) is 11.7. The average molecular weight is 293 g/mol. The zero-order valence-electron chi connectivity index (χ0n) is 9.27. The van der Waals surface area contributed by atoms with Gasteiger partial charge >= 0.3 is 0 Å². The van der Waals surface area contributed by atoms with Crippen molar-refractivity contribution in [3.8, 4) is 5.88 Å². The van der Waals surface area contributed by atoms with Crippen LogP contribution < -0.4 is 10.5 Å². The van der Waals surface area contributed by atoms with Crippen LogP contribution >= 0.6 is 15.9 Å². The zero-order chi connectivity index (χ0) is 12.1. The fraction of sp³-hybridized carbons (Fsp3) is 0.154. The van der Waals surface area contributed by atoms with Crippen LogP contribution in [0.1, 0.15) is 11.1 Å². The van der Waals surface area contributed by atoms with Gasteiger partial charge in [-0.05, 0) is 29.3 Å². The number of ether oxygens (including phenoxy) is 1. The first-order valence-corrected chi connectivity index (χ1v) is 6.09. The molecule has 0 saturated carbocycles. The molecule has 17 heavy (non-hydrogen) atoms. The monoisotopic (exact) mass is 292 g/mol. The highest BCUT2D eigenvalue weighted by Crippen LogP contribution is 2.14. The molecule has 0 fully saturated rings. The largest absolute Gasteiger partial charge is 0.473 e. The van der Waals surface area contributed by atoms with Gasteiger partial charge in [0.25, 0.3) is 0 Å². The smallest absolute Gasteiger partial charge is 0.213 e. The molecule has 2 N–H and O–H groups in total. The third-order valence-electron chi connectivity index (χ3n) is 2.33. The molecule has 0 amide bonds. The van der Waals surface area contributed by atoms with E-state index in [9.17, 15) is 0 Å². The molecule has 0 saturated heterocycles. The van der Waals surface area contributed by atoms with Crippen molar-refractivity contribution in [2.45, 2.75) is 13.2 Å². The lowest BCUT2D eigenvalue weighted by Gasteiger charge is -2.06. The van der Waals surface area contributed by atoms with Crippen molar-refractivity contribution < 1.29 is 4.74 Å². The second kappa shape index (κ2) is 5.80. The first kappa shape index (κ1) is 12.1. The van der Waals surface area contributed by atoms with Crippen LogP contribution in [0.5, 0.6) is 5.88 Å². The van der Waals surface area contributed by atoms with E-state index < -0.39 is 0 Å². The Kier molecular flexibility index (Phi) is 4.12. The Hall–Kier alpha value is -1.39. The third-order valence-corrected chi connectivity index (χ3v) is 2.86. The molecule has 3 nitrogen and oxygen atoms in total. The predicted octanol–water partition coefficient (Wildman–Crippen LogP) is 2.88. The van der Waals surface area contributed by atoms with Crippen molar-refractivity contribution in [2.75, 3.05) is 0 Å². The summed E-state index contributed by atoms with van der Waals surface area (Å²) in [4.78, 5) is 4.13. The standard InChI is InChI=1S/C13H13BrN2O/c14-12-3-1-10(2-4-12)9-17-13-7-11(8-15)5-6-16-13/h1-7H,8-9,15H2. The maximum Gasteiger partial charge on any atom is 0.213 e.